The highest BCUT2D eigenvalue weighted by molar-refractivity contribution is 5.83. The second kappa shape index (κ2) is 4.94. The lowest BCUT2D eigenvalue weighted by molar-refractivity contribution is -0.146. The van der Waals surface area contributed by atoms with E-state index < -0.39 is 0 Å². The van der Waals surface area contributed by atoms with Crippen LogP contribution in [-0.2, 0) is 4.79 Å². The van der Waals surface area contributed by atoms with E-state index in [2.05, 4.69) is 11.8 Å². The van der Waals surface area contributed by atoms with Gasteiger partial charge >= 0.3 is 0 Å². The molecule has 1 rings (SSSR count). The summed E-state index contributed by atoms with van der Waals surface area (Å²) in [4.78, 5) is 16.1. The fourth-order valence-electron chi connectivity index (χ4n) is 2.09. The van der Waals surface area contributed by atoms with E-state index in [-0.39, 0.29) is 24.6 Å². The van der Waals surface area contributed by atoms with Gasteiger partial charge in [-0.25, -0.2) is 0 Å². The van der Waals surface area contributed by atoms with E-state index >= 15 is 0 Å². The lowest BCUT2D eigenvalue weighted by atomic mass is 10.0. The standard InChI is InChI=1S/C11H22N2O2/c1-8(2)13-7-9(3)12(4)10(5-6-14)11(13)15/h8-10,14H,5-7H2,1-4H3. The van der Waals surface area contributed by atoms with Crippen LogP contribution in [0.25, 0.3) is 0 Å². The molecule has 1 fully saturated rings. The molecule has 2 atom stereocenters. The molecule has 4 nitrogen and oxygen atoms in total. The Kier molecular flexibility index (Phi) is 4.11. The topological polar surface area (TPSA) is 43.8 Å². The quantitative estimate of drug-likeness (QED) is 0.735. The summed E-state index contributed by atoms with van der Waals surface area (Å²) in [6.45, 7) is 7.04. The van der Waals surface area contributed by atoms with Gasteiger partial charge in [-0.05, 0) is 34.2 Å². The van der Waals surface area contributed by atoms with Gasteiger partial charge in [-0.15, -0.1) is 0 Å². The molecular weight excluding hydrogens is 192 g/mol. The molecule has 0 aromatic heterocycles. The van der Waals surface area contributed by atoms with Gasteiger partial charge in [0.2, 0.25) is 5.91 Å². The van der Waals surface area contributed by atoms with E-state index in [0.29, 0.717) is 12.5 Å². The minimum absolute atomic E-state index is 0.0689. The Balaban J connectivity index is 2.79. The number of aliphatic hydroxyl groups is 1. The SMILES string of the molecule is CC(C)N1CC(C)N(C)C(CCO)C1=O. The van der Waals surface area contributed by atoms with Crippen LogP contribution in [0.4, 0.5) is 0 Å². The molecule has 0 saturated carbocycles. The maximum Gasteiger partial charge on any atom is 0.240 e. The highest BCUT2D eigenvalue weighted by Gasteiger charge is 2.36. The molecule has 0 radical (unpaired) electrons. The summed E-state index contributed by atoms with van der Waals surface area (Å²) in [6.07, 6.45) is 0.531. The Morgan fingerprint density at radius 2 is 2.13 bits per heavy atom. The van der Waals surface area contributed by atoms with Crippen molar-refractivity contribution in [2.24, 2.45) is 0 Å². The second-order valence-electron chi connectivity index (χ2n) is 4.63. The molecule has 2 unspecified atom stereocenters. The molecule has 0 aliphatic carbocycles. The molecule has 1 heterocycles. The van der Waals surface area contributed by atoms with Crippen LogP contribution in [0.1, 0.15) is 27.2 Å². The Morgan fingerprint density at radius 1 is 1.53 bits per heavy atom. The molecule has 1 aliphatic rings. The van der Waals surface area contributed by atoms with Crippen molar-refractivity contribution in [3.05, 3.63) is 0 Å². The number of amides is 1. The van der Waals surface area contributed by atoms with Crippen molar-refractivity contribution in [3.63, 3.8) is 0 Å². The third-order valence-corrected chi connectivity index (χ3v) is 3.24. The van der Waals surface area contributed by atoms with E-state index in [9.17, 15) is 4.79 Å². The number of nitrogens with zero attached hydrogens (tertiary/aromatic N) is 2. The number of carbonyl (C=O) groups excluding carboxylic acids is 1. The largest absolute Gasteiger partial charge is 0.396 e. The minimum atomic E-state index is -0.152. The van der Waals surface area contributed by atoms with Crippen molar-refractivity contribution in [2.45, 2.75) is 45.3 Å². The van der Waals surface area contributed by atoms with Crippen LogP contribution in [0, 0.1) is 0 Å². The Bertz CT molecular complexity index is 231. The summed E-state index contributed by atoms with van der Waals surface area (Å²) in [6, 6.07) is 0.456. The van der Waals surface area contributed by atoms with Crippen LogP contribution in [0.2, 0.25) is 0 Å². The normalized spacial score (nSPS) is 28.9. The van der Waals surface area contributed by atoms with Gasteiger partial charge in [-0.1, -0.05) is 0 Å². The molecule has 15 heavy (non-hydrogen) atoms. The lowest BCUT2D eigenvalue weighted by Gasteiger charge is -2.44. The number of carbonyl (C=O) groups is 1. The van der Waals surface area contributed by atoms with Crippen molar-refractivity contribution in [3.8, 4) is 0 Å². The summed E-state index contributed by atoms with van der Waals surface area (Å²) >= 11 is 0. The first-order valence-corrected chi connectivity index (χ1v) is 5.62. The monoisotopic (exact) mass is 214 g/mol. The molecule has 1 aliphatic heterocycles. The van der Waals surface area contributed by atoms with Crippen LogP contribution in [-0.4, -0.2) is 59.1 Å². The molecule has 1 N–H and O–H groups in total. The Labute approximate surface area is 91.9 Å². The average molecular weight is 214 g/mol. The predicted octanol–water partition coefficient (Wildman–Crippen LogP) is 0.308. The van der Waals surface area contributed by atoms with Crippen LogP contribution in [0.5, 0.6) is 0 Å². The zero-order valence-electron chi connectivity index (χ0n) is 10.1. The third kappa shape index (κ3) is 2.49. The smallest absolute Gasteiger partial charge is 0.240 e. The summed E-state index contributed by atoms with van der Waals surface area (Å²) in [5, 5.41) is 8.97. The minimum Gasteiger partial charge on any atom is -0.396 e. The van der Waals surface area contributed by atoms with Crippen molar-refractivity contribution in [1.82, 2.24) is 9.80 Å². The number of hydrogen-bond acceptors (Lipinski definition) is 3. The molecule has 4 heteroatoms. The van der Waals surface area contributed by atoms with E-state index in [0.717, 1.165) is 6.54 Å². The number of piperazine rings is 1. The van der Waals surface area contributed by atoms with Gasteiger partial charge in [0.15, 0.2) is 0 Å². The van der Waals surface area contributed by atoms with Crippen molar-refractivity contribution in [2.75, 3.05) is 20.2 Å². The van der Waals surface area contributed by atoms with Gasteiger partial charge in [0.1, 0.15) is 0 Å². The zero-order chi connectivity index (χ0) is 11.6. The molecular formula is C11H22N2O2. The fourth-order valence-corrected chi connectivity index (χ4v) is 2.09. The molecule has 0 aromatic carbocycles. The summed E-state index contributed by atoms with van der Waals surface area (Å²) in [7, 11) is 1.96. The zero-order valence-corrected chi connectivity index (χ0v) is 10.1. The fraction of sp³-hybridized carbons (Fsp3) is 0.909. The number of rotatable bonds is 3. The average Bonchev–Trinajstić information content (AvgIpc) is 2.18. The van der Waals surface area contributed by atoms with Gasteiger partial charge in [-0.2, -0.15) is 0 Å². The number of aliphatic hydroxyl groups excluding tert-OH is 1. The Hall–Kier alpha value is -0.610. The van der Waals surface area contributed by atoms with E-state index in [4.69, 9.17) is 5.11 Å². The highest BCUT2D eigenvalue weighted by Crippen LogP contribution is 2.19. The first kappa shape index (κ1) is 12.5. The summed E-state index contributed by atoms with van der Waals surface area (Å²) < 4.78 is 0. The molecule has 1 amide bonds. The van der Waals surface area contributed by atoms with Crippen molar-refractivity contribution >= 4 is 5.91 Å². The van der Waals surface area contributed by atoms with E-state index in [1.54, 1.807) is 0 Å². The second-order valence-corrected chi connectivity index (χ2v) is 4.63. The van der Waals surface area contributed by atoms with E-state index in [1.807, 2.05) is 25.8 Å². The number of likely N-dealkylation sites (N-methyl/N-ethyl adjacent to an activating group) is 1. The maximum absolute atomic E-state index is 12.1. The first-order valence-electron chi connectivity index (χ1n) is 5.62. The molecule has 0 spiro atoms. The van der Waals surface area contributed by atoms with Gasteiger partial charge in [0, 0.05) is 25.2 Å². The van der Waals surface area contributed by atoms with Gasteiger partial charge < -0.3 is 10.0 Å². The van der Waals surface area contributed by atoms with Crippen molar-refractivity contribution in [1.29, 1.82) is 0 Å². The molecule has 88 valence electrons. The van der Waals surface area contributed by atoms with Crippen LogP contribution in [0.15, 0.2) is 0 Å². The molecule has 0 bridgehead atoms. The number of hydrogen-bond donors (Lipinski definition) is 1. The van der Waals surface area contributed by atoms with Crippen molar-refractivity contribution < 1.29 is 9.90 Å². The first-order chi connectivity index (χ1) is 6.99. The van der Waals surface area contributed by atoms with Gasteiger partial charge in [-0.3, -0.25) is 9.69 Å². The van der Waals surface area contributed by atoms with Gasteiger partial charge in [0.25, 0.3) is 0 Å². The highest BCUT2D eigenvalue weighted by atomic mass is 16.3. The van der Waals surface area contributed by atoms with Gasteiger partial charge in [0.05, 0.1) is 6.04 Å². The summed E-state index contributed by atoms with van der Waals surface area (Å²) in [5.41, 5.74) is 0. The maximum atomic E-state index is 12.1. The lowest BCUT2D eigenvalue weighted by Crippen LogP contribution is -2.61. The van der Waals surface area contributed by atoms with Crippen LogP contribution < -0.4 is 0 Å². The summed E-state index contributed by atoms with van der Waals surface area (Å²) in [5.74, 6) is 0.152. The molecule has 0 aromatic rings. The van der Waals surface area contributed by atoms with Crippen LogP contribution >= 0.6 is 0 Å². The Morgan fingerprint density at radius 3 is 2.60 bits per heavy atom. The van der Waals surface area contributed by atoms with Crippen LogP contribution in [0.3, 0.4) is 0 Å². The molecule has 1 saturated heterocycles. The predicted molar refractivity (Wildman–Crippen MR) is 59.6 cm³/mol. The van der Waals surface area contributed by atoms with E-state index in [1.165, 1.54) is 0 Å². The third-order valence-electron chi connectivity index (χ3n) is 3.24.